The summed E-state index contributed by atoms with van der Waals surface area (Å²) in [7, 11) is 1.70. The van der Waals surface area contributed by atoms with Gasteiger partial charge in [0.1, 0.15) is 11.6 Å². The van der Waals surface area contributed by atoms with Gasteiger partial charge in [-0.2, -0.15) is 0 Å². The van der Waals surface area contributed by atoms with E-state index in [0.717, 1.165) is 18.8 Å². The van der Waals surface area contributed by atoms with Crippen molar-refractivity contribution >= 4 is 17.3 Å². The molecule has 0 amide bonds. The molecule has 0 spiro atoms. The van der Waals surface area contributed by atoms with E-state index in [2.05, 4.69) is 22.5 Å². The van der Waals surface area contributed by atoms with E-state index in [9.17, 15) is 10.1 Å². The lowest BCUT2D eigenvalue weighted by atomic mass is 9.82. The van der Waals surface area contributed by atoms with Crippen LogP contribution in [0.4, 0.5) is 17.3 Å². The molecular weight excluding hydrogens is 220 g/mol. The topological polar surface area (TPSA) is 80.1 Å². The van der Waals surface area contributed by atoms with Crippen LogP contribution in [0.15, 0.2) is 12.1 Å². The molecule has 17 heavy (non-hydrogen) atoms. The molecule has 1 aromatic heterocycles. The highest BCUT2D eigenvalue weighted by molar-refractivity contribution is 5.54. The molecule has 2 N–H and O–H groups in total. The van der Waals surface area contributed by atoms with Gasteiger partial charge in [0.05, 0.1) is 17.1 Å². The SMILES string of the molecule is CNc1cc([N+](=O)[O-])cc(NC2CC(C)C2)n1. The van der Waals surface area contributed by atoms with Crippen LogP contribution in [0.3, 0.4) is 0 Å². The fraction of sp³-hybridized carbons (Fsp3) is 0.545. The van der Waals surface area contributed by atoms with E-state index in [1.54, 1.807) is 7.05 Å². The minimum Gasteiger partial charge on any atom is -0.373 e. The standard InChI is InChI=1S/C11H16N4O2/c1-7-3-8(4-7)13-11-6-9(15(16)17)5-10(12-2)14-11/h5-8H,3-4H2,1-2H3,(H2,12,13,14). The second-order valence-corrected chi connectivity index (χ2v) is 4.52. The van der Waals surface area contributed by atoms with E-state index < -0.39 is 4.92 Å². The van der Waals surface area contributed by atoms with Crippen molar-refractivity contribution in [2.24, 2.45) is 5.92 Å². The maximum Gasteiger partial charge on any atom is 0.276 e. The number of hydrogen-bond acceptors (Lipinski definition) is 5. The number of aromatic nitrogens is 1. The first-order valence-electron chi connectivity index (χ1n) is 5.69. The highest BCUT2D eigenvalue weighted by atomic mass is 16.6. The zero-order valence-electron chi connectivity index (χ0n) is 9.93. The largest absolute Gasteiger partial charge is 0.373 e. The molecule has 0 saturated heterocycles. The van der Waals surface area contributed by atoms with E-state index in [0.29, 0.717) is 17.7 Å². The molecule has 0 unspecified atom stereocenters. The van der Waals surface area contributed by atoms with Gasteiger partial charge in [0.25, 0.3) is 5.69 Å². The lowest BCUT2D eigenvalue weighted by Gasteiger charge is -2.33. The molecule has 2 rings (SSSR count). The van der Waals surface area contributed by atoms with Crippen LogP contribution in [0.1, 0.15) is 19.8 Å². The van der Waals surface area contributed by atoms with Crippen LogP contribution in [-0.4, -0.2) is 23.0 Å². The van der Waals surface area contributed by atoms with Gasteiger partial charge in [-0.1, -0.05) is 6.92 Å². The van der Waals surface area contributed by atoms with Gasteiger partial charge in [-0.15, -0.1) is 0 Å². The predicted octanol–water partition coefficient (Wildman–Crippen LogP) is 2.24. The van der Waals surface area contributed by atoms with E-state index >= 15 is 0 Å². The first-order valence-corrected chi connectivity index (χ1v) is 5.69. The number of anilines is 2. The second-order valence-electron chi connectivity index (χ2n) is 4.52. The molecule has 1 aromatic rings. The molecule has 0 aromatic carbocycles. The lowest BCUT2D eigenvalue weighted by molar-refractivity contribution is -0.384. The Balaban J connectivity index is 2.15. The van der Waals surface area contributed by atoms with E-state index in [4.69, 9.17) is 0 Å². The molecule has 0 radical (unpaired) electrons. The Morgan fingerprint density at radius 3 is 2.59 bits per heavy atom. The van der Waals surface area contributed by atoms with Crippen LogP contribution in [0.25, 0.3) is 0 Å². The van der Waals surface area contributed by atoms with Crippen molar-refractivity contribution in [1.29, 1.82) is 0 Å². The smallest absolute Gasteiger partial charge is 0.276 e. The Labute approximate surface area is 99.6 Å². The fourth-order valence-electron chi connectivity index (χ4n) is 2.05. The molecular formula is C11H16N4O2. The van der Waals surface area contributed by atoms with Crippen LogP contribution in [0.5, 0.6) is 0 Å². The summed E-state index contributed by atoms with van der Waals surface area (Å²) in [5, 5.41) is 16.8. The molecule has 92 valence electrons. The number of pyridine rings is 1. The zero-order chi connectivity index (χ0) is 12.4. The second kappa shape index (κ2) is 4.57. The summed E-state index contributed by atoms with van der Waals surface area (Å²) in [5.74, 6) is 1.81. The van der Waals surface area contributed by atoms with Gasteiger partial charge in [0.2, 0.25) is 0 Å². The van der Waals surface area contributed by atoms with E-state index in [1.165, 1.54) is 12.1 Å². The normalized spacial score (nSPS) is 22.7. The third-order valence-electron chi connectivity index (χ3n) is 3.00. The van der Waals surface area contributed by atoms with Gasteiger partial charge >= 0.3 is 0 Å². The average molecular weight is 236 g/mol. The van der Waals surface area contributed by atoms with Crippen LogP contribution in [-0.2, 0) is 0 Å². The Morgan fingerprint density at radius 2 is 2.06 bits per heavy atom. The summed E-state index contributed by atoms with van der Waals surface area (Å²) >= 11 is 0. The van der Waals surface area contributed by atoms with Crippen LogP contribution in [0.2, 0.25) is 0 Å². The molecule has 1 saturated carbocycles. The Morgan fingerprint density at radius 1 is 1.41 bits per heavy atom. The van der Waals surface area contributed by atoms with Gasteiger partial charge < -0.3 is 10.6 Å². The molecule has 0 bridgehead atoms. The van der Waals surface area contributed by atoms with Crippen molar-refractivity contribution in [3.05, 3.63) is 22.2 Å². The molecule has 1 aliphatic carbocycles. The summed E-state index contributed by atoms with van der Waals surface area (Å²) in [6, 6.07) is 3.29. The lowest BCUT2D eigenvalue weighted by Crippen LogP contribution is -2.34. The van der Waals surface area contributed by atoms with Crippen LogP contribution in [0, 0.1) is 16.0 Å². The number of rotatable bonds is 4. The highest BCUT2D eigenvalue weighted by Crippen LogP contribution is 2.30. The molecule has 0 aliphatic heterocycles. The minimum absolute atomic E-state index is 0.0548. The molecule has 1 heterocycles. The van der Waals surface area contributed by atoms with Crippen molar-refractivity contribution in [3.63, 3.8) is 0 Å². The number of hydrogen-bond donors (Lipinski definition) is 2. The van der Waals surface area contributed by atoms with Gasteiger partial charge in [-0.25, -0.2) is 4.98 Å². The quantitative estimate of drug-likeness (QED) is 0.619. The van der Waals surface area contributed by atoms with Gasteiger partial charge in [-0.05, 0) is 18.8 Å². The maximum atomic E-state index is 10.8. The molecule has 6 nitrogen and oxygen atoms in total. The Hall–Kier alpha value is -1.85. The van der Waals surface area contributed by atoms with Gasteiger partial charge in [0, 0.05) is 13.1 Å². The van der Waals surface area contributed by atoms with Gasteiger partial charge in [0.15, 0.2) is 0 Å². The number of nitro groups is 1. The highest BCUT2D eigenvalue weighted by Gasteiger charge is 2.25. The van der Waals surface area contributed by atoms with Crippen molar-refractivity contribution in [2.45, 2.75) is 25.8 Å². The van der Waals surface area contributed by atoms with E-state index in [-0.39, 0.29) is 5.69 Å². The summed E-state index contributed by atoms with van der Waals surface area (Å²) in [5.41, 5.74) is 0.0548. The number of nitrogens with one attached hydrogen (secondary N) is 2. The monoisotopic (exact) mass is 236 g/mol. The Kier molecular flexibility index (Phi) is 3.12. The summed E-state index contributed by atoms with van der Waals surface area (Å²) in [6.45, 7) is 2.19. The summed E-state index contributed by atoms with van der Waals surface area (Å²) in [6.07, 6.45) is 2.19. The minimum atomic E-state index is -0.406. The van der Waals surface area contributed by atoms with Gasteiger partial charge in [-0.3, -0.25) is 10.1 Å². The molecule has 1 aliphatic rings. The average Bonchev–Trinajstić information content (AvgIpc) is 2.26. The summed E-state index contributed by atoms with van der Waals surface area (Å²) < 4.78 is 0. The van der Waals surface area contributed by atoms with Crippen LogP contribution >= 0.6 is 0 Å². The molecule has 6 heteroatoms. The first-order chi connectivity index (χ1) is 8.08. The van der Waals surface area contributed by atoms with Crippen molar-refractivity contribution in [2.75, 3.05) is 17.7 Å². The first kappa shape index (κ1) is 11.6. The summed E-state index contributed by atoms with van der Waals surface area (Å²) in [4.78, 5) is 14.6. The fourth-order valence-corrected chi connectivity index (χ4v) is 2.05. The van der Waals surface area contributed by atoms with E-state index in [1.807, 2.05) is 0 Å². The molecule has 0 atom stereocenters. The third-order valence-corrected chi connectivity index (χ3v) is 3.00. The zero-order valence-corrected chi connectivity index (χ0v) is 9.93. The van der Waals surface area contributed by atoms with Crippen molar-refractivity contribution < 1.29 is 4.92 Å². The van der Waals surface area contributed by atoms with Crippen molar-refractivity contribution in [3.8, 4) is 0 Å². The van der Waals surface area contributed by atoms with Crippen molar-refractivity contribution in [1.82, 2.24) is 4.98 Å². The molecule has 1 fully saturated rings. The maximum absolute atomic E-state index is 10.8. The Bertz CT molecular complexity index is 429. The number of nitrogens with zero attached hydrogens (tertiary/aromatic N) is 2. The third kappa shape index (κ3) is 2.64. The van der Waals surface area contributed by atoms with Crippen LogP contribution < -0.4 is 10.6 Å². The predicted molar refractivity (Wildman–Crippen MR) is 66.2 cm³/mol.